The minimum absolute atomic E-state index is 0.375. The molecule has 0 heterocycles. The number of carbonyl (C=O) groups is 2. The summed E-state index contributed by atoms with van der Waals surface area (Å²) in [6.07, 6.45) is 0. The number of para-hydroxylation sites is 1. The molecule has 0 aliphatic rings. The Balaban J connectivity index is 1.88. The minimum Gasteiger partial charge on any atom is -0.480 e. The molecule has 0 saturated carbocycles. The van der Waals surface area contributed by atoms with Crippen LogP contribution < -0.4 is 5.32 Å². The Hall–Kier alpha value is -3.40. The summed E-state index contributed by atoms with van der Waals surface area (Å²) in [5, 5.41) is 12.9. The number of carboxylic acid groups (broad SMARTS) is 1. The van der Waals surface area contributed by atoms with Crippen LogP contribution in [0.1, 0.15) is 27.4 Å². The monoisotopic (exact) mass is 345 g/mol. The summed E-state index contributed by atoms with van der Waals surface area (Å²) in [7, 11) is 0. The Morgan fingerprint density at radius 3 is 2.04 bits per heavy atom. The van der Waals surface area contributed by atoms with Gasteiger partial charge in [0.25, 0.3) is 0 Å². The largest absolute Gasteiger partial charge is 0.480 e. The van der Waals surface area contributed by atoms with E-state index < -0.39 is 17.7 Å². The number of benzene rings is 3. The van der Waals surface area contributed by atoms with Crippen molar-refractivity contribution < 1.29 is 14.7 Å². The summed E-state index contributed by atoms with van der Waals surface area (Å²) >= 11 is 0. The average Bonchev–Trinajstić information content (AvgIpc) is 2.68. The Bertz CT molecular complexity index is 892. The molecule has 0 saturated heterocycles. The van der Waals surface area contributed by atoms with Gasteiger partial charge in [-0.3, -0.25) is 9.59 Å². The molecule has 0 radical (unpaired) electrons. The van der Waals surface area contributed by atoms with E-state index in [2.05, 4.69) is 5.32 Å². The van der Waals surface area contributed by atoms with Crippen molar-refractivity contribution in [2.75, 3.05) is 5.32 Å². The van der Waals surface area contributed by atoms with E-state index in [-0.39, 0.29) is 0 Å². The van der Waals surface area contributed by atoms with Gasteiger partial charge in [-0.15, -0.1) is 0 Å². The van der Waals surface area contributed by atoms with E-state index in [1.807, 2.05) is 36.4 Å². The molecule has 2 N–H and O–H groups in total. The zero-order valence-corrected chi connectivity index (χ0v) is 14.1. The van der Waals surface area contributed by atoms with Gasteiger partial charge in [0.15, 0.2) is 5.78 Å². The van der Waals surface area contributed by atoms with E-state index in [1.54, 1.807) is 48.5 Å². The molecule has 0 bridgehead atoms. The summed E-state index contributed by atoms with van der Waals surface area (Å²) in [5.41, 5.74) is 2.55. The van der Waals surface area contributed by atoms with Crippen LogP contribution in [-0.2, 0) is 11.3 Å². The van der Waals surface area contributed by atoms with Gasteiger partial charge in [0.2, 0.25) is 0 Å². The Labute approximate surface area is 152 Å². The molecule has 0 aliphatic carbocycles. The Morgan fingerprint density at radius 2 is 1.38 bits per heavy atom. The number of anilines is 1. The molecule has 3 rings (SSSR count). The fraction of sp³-hybridized carbons (Fsp3) is 0.0909. The molecule has 0 spiro atoms. The van der Waals surface area contributed by atoms with Crippen molar-refractivity contribution in [1.82, 2.24) is 0 Å². The van der Waals surface area contributed by atoms with Gasteiger partial charge < -0.3 is 10.4 Å². The van der Waals surface area contributed by atoms with Crippen LogP contribution in [0.5, 0.6) is 0 Å². The first-order valence-corrected chi connectivity index (χ1v) is 8.35. The van der Waals surface area contributed by atoms with E-state index in [4.69, 9.17) is 0 Å². The van der Waals surface area contributed by atoms with Crippen molar-refractivity contribution in [3.63, 3.8) is 0 Å². The van der Waals surface area contributed by atoms with Crippen LogP contribution in [0.15, 0.2) is 84.9 Å². The number of carbonyl (C=O) groups excluding carboxylic acids is 1. The maximum absolute atomic E-state index is 13.0. The van der Waals surface area contributed by atoms with Gasteiger partial charge in [-0.1, -0.05) is 72.8 Å². The van der Waals surface area contributed by atoms with Crippen molar-refractivity contribution in [1.29, 1.82) is 0 Å². The zero-order chi connectivity index (χ0) is 18.4. The van der Waals surface area contributed by atoms with Crippen molar-refractivity contribution in [2.24, 2.45) is 0 Å². The summed E-state index contributed by atoms with van der Waals surface area (Å²) < 4.78 is 0. The predicted octanol–water partition coefficient (Wildman–Crippen LogP) is 4.35. The van der Waals surface area contributed by atoms with E-state index in [0.29, 0.717) is 23.4 Å². The third-order valence-corrected chi connectivity index (χ3v) is 4.16. The second-order valence-electron chi connectivity index (χ2n) is 5.93. The molecule has 0 aromatic heterocycles. The first kappa shape index (κ1) is 17.4. The topological polar surface area (TPSA) is 66.4 Å². The van der Waals surface area contributed by atoms with Crippen LogP contribution in [0.25, 0.3) is 0 Å². The lowest BCUT2D eigenvalue weighted by Crippen LogP contribution is -2.22. The number of ketones is 1. The molecule has 0 amide bonds. The molecule has 1 unspecified atom stereocenters. The molecule has 3 aromatic carbocycles. The van der Waals surface area contributed by atoms with Crippen LogP contribution in [0.2, 0.25) is 0 Å². The highest BCUT2D eigenvalue weighted by atomic mass is 16.4. The lowest BCUT2D eigenvalue weighted by Gasteiger charge is -2.16. The molecule has 3 aromatic rings. The fourth-order valence-electron chi connectivity index (χ4n) is 2.85. The highest BCUT2D eigenvalue weighted by molar-refractivity contribution is 6.14. The quantitative estimate of drug-likeness (QED) is 0.493. The average molecular weight is 345 g/mol. The normalized spacial score (nSPS) is 11.5. The van der Waals surface area contributed by atoms with Gasteiger partial charge in [-0.2, -0.15) is 0 Å². The van der Waals surface area contributed by atoms with Crippen LogP contribution in [0.4, 0.5) is 5.69 Å². The lowest BCUT2D eigenvalue weighted by atomic mass is 9.90. The maximum atomic E-state index is 13.0. The van der Waals surface area contributed by atoms with Crippen LogP contribution in [-0.4, -0.2) is 16.9 Å². The summed E-state index contributed by atoms with van der Waals surface area (Å²) in [5.74, 6) is -2.81. The van der Waals surface area contributed by atoms with Gasteiger partial charge in [-0.05, 0) is 23.3 Å². The summed E-state index contributed by atoms with van der Waals surface area (Å²) in [6.45, 7) is 0.550. The van der Waals surface area contributed by atoms with Crippen LogP contribution in [0.3, 0.4) is 0 Å². The number of carboxylic acids is 1. The van der Waals surface area contributed by atoms with E-state index in [9.17, 15) is 14.7 Å². The second-order valence-corrected chi connectivity index (χ2v) is 5.93. The van der Waals surface area contributed by atoms with Gasteiger partial charge in [-0.25, -0.2) is 0 Å². The SMILES string of the molecule is O=C(O)C(C(=O)c1ccccc1NCc1ccccc1)c1ccccc1. The highest BCUT2D eigenvalue weighted by Crippen LogP contribution is 2.26. The van der Waals surface area contributed by atoms with Gasteiger partial charge in [0, 0.05) is 17.8 Å². The van der Waals surface area contributed by atoms with Gasteiger partial charge in [0.05, 0.1) is 0 Å². The number of hydrogen-bond acceptors (Lipinski definition) is 3. The fourth-order valence-corrected chi connectivity index (χ4v) is 2.85. The number of hydrogen-bond donors (Lipinski definition) is 2. The highest BCUT2D eigenvalue weighted by Gasteiger charge is 2.30. The Morgan fingerprint density at radius 1 is 0.808 bits per heavy atom. The van der Waals surface area contributed by atoms with E-state index >= 15 is 0 Å². The summed E-state index contributed by atoms with van der Waals surface area (Å²) in [4.78, 5) is 24.8. The second kappa shape index (κ2) is 8.12. The summed E-state index contributed by atoms with van der Waals surface area (Å²) in [6, 6.07) is 25.4. The maximum Gasteiger partial charge on any atom is 0.318 e. The van der Waals surface area contributed by atoms with Gasteiger partial charge in [0.1, 0.15) is 5.92 Å². The first-order chi connectivity index (χ1) is 12.7. The van der Waals surface area contributed by atoms with E-state index in [1.165, 1.54) is 0 Å². The van der Waals surface area contributed by atoms with Crippen molar-refractivity contribution >= 4 is 17.4 Å². The van der Waals surface area contributed by atoms with Crippen LogP contribution in [0, 0.1) is 0 Å². The number of Topliss-reactive ketones (excluding diaryl/α,β-unsaturated/α-hetero) is 1. The molecule has 4 heteroatoms. The smallest absolute Gasteiger partial charge is 0.318 e. The third-order valence-electron chi connectivity index (χ3n) is 4.16. The minimum atomic E-state index is -1.23. The molecule has 4 nitrogen and oxygen atoms in total. The zero-order valence-electron chi connectivity index (χ0n) is 14.1. The number of aliphatic carboxylic acids is 1. The molecular formula is C22H19NO3. The van der Waals surface area contributed by atoms with Crippen molar-refractivity contribution in [2.45, 2.75) is 12.5 Å². The molecular weight excluding hydrogens is 326 g/mol. The Kier molecular flexibility index (Phi) is 5.44. The van der Waals surface area contributed by atoms with E-state index in [0.717, 1.165) is 5.56 Å². The molecule has 0 fully saturated rings. The van der Waals surface area contributed by atoms with Crippen molar-refractivity contribution in [3.8, 4) is 0 Å². The van der Waals surface area contributed by atoms with Gasteiger partial charge >= 0.3 is 5.97 Å². The third kappa shape index (κ3) is 3.98. The van der Waals surface area contributed by atoms with Crippen molar-refractivity contribution in [3.05, 3.63) is 102 Å². The first-order valence-electron chi connectivity index (χ1n) is 8.35. The number of nitrogens with one attached hydrogen (secondary N) is 1. The molecule has 130 valence electrons. The predicted molar refractivity (Wildman–Crippen MR) is 101 cm³/mol. The standard InChI is InChI=1S/C22H19NO3/c24-21(20(22(25)26)17-11-5-2-6-12-17)18-13-7-8-14-19(18)23-15-16-9-3-1-4-10-16/h1-14,20,23H,15H2,(H,25,26). The lowest BCUT2D eigenvalue weighted by molar-refractivity contribution is -0.137. The molecule has 1 atom stereocenters. The molecule has 26 heavy (non-hydrogen) atoms. The number of rotatable bonds is 7. The van der Waals surface area contributed by atoms with Crippen LogP contribution >= 0.6 is 0 Å². The molecule has 0 aliphatic heterocycles.